The summed E-state index contributed by atoms with van der Waals surface area (Å²) in [5.74, 6) is 0.526. The minimum absolute atomic E-state index is 0.0838. The maximum atomic E-state index is 12.8. The van der Waals surface area contributed by atoms with E-state index in [4.69, 9.17) is 4.74 Å². The smallest absolute Gasteiger partial charge is 0.243 e. The van der Waals surface area contributed by atoms with Gasteiger partial charge in [-0.05, 0) is 36.8 Å². The first-order chi connectivity index (χ1) is 13.3. The molecule has 3 rings (SSSR count). The van der Waals surface area contributed by atoms with Gasteiger partial charge < -0.3 is 4.74 Å². The number of rotatable bonds is 7. The number of sulfonamides is 2. The predicted molar refractivity (Wildman–Crippen MR) is 107 cm³/mol. The zero-order valence-corrected chi connectivity index (χ0v) is 17.3. The van der Waals surface area contributed by atoms with Crippen LogP contribution in [-0.2, 0) is 25.8 Å². The van der Waals surface area contributed by atoms with Crippen LogP contribution in [0.5, 0.6) is 5.75 Å². The molecule has 28 heavy (non-hydrogen) atoms. The second-order valence-electron chi connectivity index (χ2n) is 6.45. The van der Waals surface area contributed by atoms with E-state index in [1.165, 1.54) is 20.7 Å². The Morgan fingerprint density at radius 2 is 1.39 bits per heavy atom. The van der Waals surface area contributed by atoms with Crippen LogP contribution in [0.3, 0.4) is 0 Å². The molecule has 1 heterocycles. The summed E-state index contributed by atoms with van der Waals surface area (Å²) in [5.41, 5.74) is 0.715. The summed E-state index contributed by atoms with van der Waals surface area (Å²) >= 11 is 0. The molecule has 0 N–H and O–H groups in total. The molecule has 7 nitrogen and oxygen atoms in total. The van der Waals surface area contributed by atoms with Crippen LogP contribution in [0.15, 0.2) is 59.5 Å². The monoisotopic (exact) mass is 424 g/mol. The van der Waals surface area contributed by atoms with Gasteiger partial charge in [0.05, 0.1) is 17.3 Å². The maximum absolute atomic E-state index is 12.8. The fraction of sp³-hybridized carbons (Fsp3) is 0.368. The first kappa shape index (κ1) is 20.8. The van der Waals surface area contributed by atoms with Crippen LogP contribution in [-0.4, -0.2) is 58.2 Å². The largest absolute Gasteiger partial charge is 0.494 e. The van der Waals surface area contributed by atoms with E-state index < -0.39 is 20.0 Å². The summed E-state index contributed by atoms with van der Waals surface area (Å²) in [6.45, 7) is 2.91. The van der Waals surface area contributed by atoms with Gasteiger partial charge >= 0.3 is 0 Å². The number of hydrogen-bond donors (Lipinski definition) is 0. The molecule has 2 aromatic rings. The Balaban J connectivity index is 1.65. The fourth-order valence-electron chi connectivity index (χ4n) is 3.09. The van der Waals surface area contributed by atoms with Crippen molar-refractivity contribution >= 4 is 20.0 Å². The van der Waals surface area contributed by atoms with Crippen molar-refractivity contribution in [2.75, 3.05) is 32.8 Å². The zero-order chi connectivity index (χ0) is 20.2. The third kappa shape index (κ3) is 4.72. The van der Waals surface area contributed by atoms with E-state index in [0.29, 0.717) is 17.9 Å². The summed E-state index contributed by atoms with van der Waals surface area (Å²) in [4.78, 5) is 0.177. The minimum Gasteiger partial charge on any atom is -0.494 e. The van der Waals surface area contributed by atoms with Crippen LogP contribution in [0.1, 0.15) is 12.5 Å². The molecule has 0 aromatic heterocycles. The van der Waals surface area contributed by atoms with Crippen LogP contribution in [0, 0.1) is 0 Å². The molecule has 9 heteroatoms. The van der Waals surface area contributed by atoms with Crippen LogP contribution in [0.4, 0.5) is 0 Å². The summed E-state index contributed by atoms with van der Waals surface area (Å²) < 4.78 is 58.9. The number of hydrogen-bond acceptors (Lipinski definition) is 5. The van der Waals surface area contributed by atoms with Crippen LogP contribution in [0.2, 0.25) is 0 Å². The first-order valence-corrected chi connectivity index (χ1v) is 12.1. The molecule has 0 aliphatic carbocycles. The van der Waals surface area contributed by atoms with Crippen molar-refractivity contribution in [3.63, 3.8) is 0 Å². The van der Waals surface area contributed by atoms with Gasteiger partial charge in [-0.3, -0.25) is 0 Å². The SMILES string of the molecule is CCOc1ccc(S(=O)(=O)N2CCN(S(=O)(=O)Cc3ccccc3)CC2)cc1. The summed E-state index contributed by atoms with van der Waals surface area (Å²) in [6.07, 6.45) is 0. The predicted octanol–water partition coefficient (Wildman–Crippen LogP) is 1.92. The van der Waals surface area contributed by atoms with Gasteiger partial charge in [0.1, 0.15) is 5.75 Å². The van der Waals surface area contributed by atoms with E-state index in [2.05, 4.69) is 0 Å². The standard InChI is InChI=1S/C19H24N2O5S2/c1-2-26-18-8-10-19(11-9-18)28(24,25)21-14-12-20(13-15-21)27(22,23)16-17-6-4-3-5-7-17/h3-11H,2,12-16H2,1H3. The minimum atomic E-state index is -3.67. The average molecular weight is 425 g/mol. The summed E-state index contributed by atoms with van der Waals surface area (Å²) in [7, 11) is -7.15. The van der Waals surface area contributed by atoms with E-state index in [9.17, 15) is 16.8 Å². The Morgan fingerprint density at radius 1 is 0.821 bits per heavy atom. The lowest BCUT2D eigenvalue weighted by Crippen LogP contribution is -2.50. The van der Waals surface area contributed by atoms with Crippen molar-refractivity contribution in [3.05, 3.63) is 60.2 Å². The Morgan fingerprint density at radius 3 is 1.96 bits per heavy atom. The quantitative estimate of drug-likeness (QED) is 0.678. The lowest BCUT2D eigenvalue weighted by molar-refractivity contribution is 0.272. The molecule has 1 fully saturated rings. The highest BCUT2D eigenvalue weighted by atomic mass is 32.2. The van der Waals surface area contributed by atoms with Crippen molar-refractivity contribution in [2.24, 2.45) is 0 Å². The van der Waals surface area contributed by atoms with Gasteiger partial charge in [-0.1, -0.05) is 30.3 Å². The van der Waals surface area contributed by atoms with Gasteiger partial charge in [-0.2, -0.15) is 8.61 Å². The number of nitrogens with zero attached hydrogens (tertiary/aromatic N) is 2. The molecule has 0 amide bonds. The van der Waals surface area contributed by atoms with Gasteiger partial charge in [0.25, 0.3) is 0 Å². The van der Waals surface area contributed by atoms with Gasteiger partial charge in [-0.15, -0.1) is 0 Å². The molecule has 0 atom stereocenters. The van der Waals surface area contributed by atoms with Crippen molar-refractivity contribution in [1.29, 1.82) is 0 Å². The number of piperazine rings is 1. The van der Waals surface area contributed by atoms with E-state index in [0.717, 1.165) is 0 Å². The molecule has 0 spiro atoms. The molecular formula is C19H24N2O5S2. The second kappa shape index (κ2) is 8.60. The van der Waals surface area contributed by atoms with Crippen molar-refractivity contribution in [2.45, 2.75) is 17.6 Å². The third-order valence-corrected chi connectivity index (χ3v) is 8.32. The van der Waals surface area contributed by atoms with E-state index >= 15 is 0 Å². The van der Waals surface area contributed by atoms with Gasteiger partial charge in [0, 0.05) is 26.2 Å². The molecule has 2 aromatic carbocycles. The lowest BCUT2D eigenvalue weighted by atomic mass is 10.2. The second-order valence-corrected chi connectivity index (χ2v) is 10.4. The highest BCUT2D eigenvalue weighted by molar-refractivity contribution is 7.89. The molecule has 0 saturated carbocycles. The van der Waals surface area contributed by atoms with E-state index in [-0.39, 0.29) is 36.8 Å². The van der Waals surface area contributed by atoms with Crippen LogP contribution < -0.4 is 4.74 Å². The summed E-state index contributed by atoms with van der Waals surface area (Å²) in [6, 6.07) is 15.2. The molecule has 0 radical (unpaired) electrons. The molecule has 1 aliphatic heterocycles. The number of benzene rings is 2. The molecule has 0 bridgehead atoms. The average Bonchev–Trinajstić information content (AvgIpc) is 2.69. The van der Waals surface area contributed by atoms with Gasteiger partial charge in [0.15, 0.2) is 0 Å². The van der Waals surface area contributed by atoms with Gasteiger partial charge in [0.2, 0.25) is 20.0 Å². The first-order valence-electron chi connectivity index (χ1n) is 9.08. The zero-order valence-electron chi connectivity index (χ0n) is 15.7. The normalized spacial score (nSPS) is 16.8. The highest BCUT2D eigenvalue weighted by Crippen LogP contribution is 2.22. The Hall–Kier alpha value is -1.94. The maximum Gasteiger partial charge on any atom is 0.243 e. The van der Waals surface area contributed by atoms with Crippen molar-refractivity contribution in [1.82, 2.24) is 8.61 Å². The molecule has 1 saturated heterocycles. The molecule has 1 aliphatic rings. The van der Waals surface area contributed by atoms with E-state index in [1.54, 1.807) is 36.4 Å². The van der Waals surface area contributed by atoms with Crippen LogP contribution in [0.25, 0.3) is 0 Å². The Kier molecular flexibility index (Phi) is 6.39. The lowest BCUT2D eigenvalue weighted by Gasteiger charge is -2.33. The third-order valence-electron chi connectivity index (χ3n) is 4.56. The summed E-state index contributed by atoms with van der Waals surface area (Å²) in [5, 5.41) is 0. The van der Waals surface area contributed by atoms with Crippen LogP contribution >= 0.6 is 0 Å². The highest BCUT2D eigenvalue weighted by Gasteiger charge is 2.33. The fourth-order valence-corrected chi connectivity index (χ4v) is 6.03. The van der Waals surface area contributed by atoms with E-state index in [1.807, 2.05) is 13.0 Å². The Labute approximate surface area is 166 Å². The molecular weight excluding hydrogens is 400 g/mol. The topological polar surface area (TPSA) is 84.0 Å². The van der Waals surface area contributed by atoms with Crippen molar-refractivity contribution < 1.29 is 21.6 Å². The van der Waals surface area contributed by atoms with Crippen molar-refractivity contribution in [3.8, 4) is 5.75 Å². The van der Waals surface area contributed by atoms with Gasteiger partial charge in [-0.25, -0.2) is 16.8 Å². The number of ether oxygens (including phenoxy) is 1. The molecule has 152 valence electrons. The molecule has 0 unspecified atom stereocenters. The Bertz CT molecular complexity index is 982.